The number of halogens is 3. The molecule has 19 heavy (non-hydrogen) atoms. The average Bonchev–Trinajstić information content (AvgIpc) is 2.30. The lowest BCUT2D eigenvalue weighted by Crippen LogP contribution is -2.10. The third kappa shape index (κ3) is 3.82. The number of esters is 1. The lowest BCUT2D eigenvalue weighted by atomic mass is 10.2. The molecule has 0 bridgehead atoms. The van der Waals surface area contributed by atoms with E-state index in [2.05, 4.69) is 9.72 Å². The van der Waals surface area contributed by atoms with Gasteiger partial charge in [-0.25, -0.2) is 13.8 Å². The molecule has 0 amide bonds. The van der Waals surface area contributed by atoms with Crippen LogP contribution in [0.5, 0.6) is 0 Å². The zero-order chi connectivity index (χ0) is 14.6. The number of nitrogens with zero attached hydrogens (tertiary/aromatic N) is 2. The molecule has 1 aromatic rings. The van der Waals surface area contributed by atoms with Gasteiger partial charge in [0.25, 0.3) is 12.1 Å². The predicted octanol–water partition coefficient (Wildman–Crippen LogP) is 2.69. The maximum Gasteiger partial charge on any atom is 0.311 e. The fraction of sp³-hybridized carbons (Fsp3) is 0.400. The van der Waals surface area contributed by atoms with E-state index in [4.69, 9.17) is 11.6 Å². The molecule has 0 radical (unpaired) electrons. The number of ether oxygens (including phenoxy) is 1. The Morgan fingerprint density at radius 2 is 2.26 bits per heavy atom. The first-order valence-corrected chi connectivity index (χ1v) is 5.52. The molecule has 104 valence electrons. The summed E-state index contributed by atoms with van der Waals surface area (Å²) in [5, 5.41) is 9.96. The Labute approximate surface area is 111 Å². The summed E-state index contributed by atoms with van der Waals surface area (Å²) < 4.78 is 29.9. The van der Waals surface area contributed by atoms with Crippen molar-refractivity contribution >= 4 is 23.3 Å². The molecule has 0 aromatic carbocycles. The molecule has 1 heterocycles. The van der Waals surface area contributed by atoms with Crippen LogP contribution in [0.25, 0.3) is 0 Å². The Hall–Kier alpha value is -1.83. The molecule has 1 aromatic heterocycles. The van der Waals surface area contributed by atoms with Crippen molar-refractivity contribution in [2.75, 3.05) is 6.61 Å². The summed E-state index contributed by atoms with van der Waals surface area (Å²) in [5.74, 6) is -0.716. The molecule has 1 rings (SSSR count). The van der Waals surface area contributed by atoms with Gasteiger partial charge in [0.05, 0.1) is 23.6 Å². The lowest BCUT2D eigenvalue weighted by Gasteiger charge is -2.07. The molecule has 0 unspecified atom stereocenters. The highest BCUT2D eigenvalue weighted by Crippen LogP contribution is 2.33. The van der Waals surface area contributed by atoms with Gasteiger partial charge in [0, 0.05) is 6.07 Å². The number of hydrogen-bond donors (Lipinski definition) is 0. The summed E-state index contributed by atoms with van der Waals surface area (Å²) in [5.41, 5.74) is -1.83. The summed E-state index contributed by atoms with van der Waals surface area (Å²) in [6, 6.07) is 0.880. The number of aromatic nitrogens is 1. The van der Waals surface area contributed by atoms with Gasteiger partial charge in [0.15, 0.2) is 0 Å². The summed E-state index contributed by atoms with van der Waals surface area (Å²) in [6.07, 6.45) is -3.51. The minimum Gasteiger partial charge on any atom is -0.466 e. The van der Waals surface area contributed by atoms with E-state index in [0.29, 0.717) is 0 Å². The number of pyridine rings is 1. The molecule has 0 fully saturated rings. The smallest absolute Gasteiger partial charge is 0.311 e. The Kier molecular flexibility index (Phi) is 5.11. The number of carbonyl (C=O) groups is 1. The van der Waals surface area contributed by atoms with E-state index >= 15 is 0 Å². The van der Waals surface area contributed by atoms with Crippen molar-refractivity contribution in [3.05, 3.63) is 32.6 Å². The van der Waals surface area contributed by atoms with Gasteiger partial charge in [-0.1, -0.05) is 11.6 Å². The van der Waals surface area contributed by atoms with E-state index in [1.165, 1.54) is 0 Å². The standard InChI is InChI=1S/C10H9ClF2N2O4/c1-2-19-7(16)4-5-3-6(15(17)18)8(11)9(14-5)10(12)13/h3,10H,2,4H2,1H3. The summed E-state index contributed by atoms with van der Waals surface area (Å²) in [4.78, 5) is 24.4. The SMILES string of the molecule is CCOC(=O)Cc1cc([N+](=O)[O-])c(Cl)c(C(F)F)n1. The van der Waals surface area contributed by atoms with Gasteiger partial charge in [-0.3, -0.25) is 14.9 Å². The summed E-state index contributed by atoms with van der Waals surface area (Å²) >= 11 is 5.47. The number of carbonyl (C=O) groups excluding carboxylic acids is 1. The second kappa shape index (κ2) is 6.37. The minimum atomic E-state index is -3.08. The number of rotatable bonds is 5. The Morgan fingerprint density at radius 1 is 1.63 bits per heavy atom. The molecule has 0 aliphatic heterocycles. The molecule has 0 aliphatic rings. The zero-order valence-corrected chi connectivity index (χ0v) is 10.5. The number of alkyl halides is 2. The maximum absolute atomic E-state index is 12.7. The third-order valence-electron chi connectivity index (χ3n) is 2.05. The molecule has 0 atom stereocenters. The van der Waals surface area contributed by atoms with Crippen LogP contribution in [0.4, 0.5) is 14.5 Å². The van der Waals surface area contributed by atoms with Gasteiger partial charge in [-0.15, -0.1) is 0 Å². The van der Waals surface area contributed by atoms with Crippen LogP contribution in [0.3, 0.4) is 0 Å². The normalized spacial score (nSPS) is 10.6. The minimum absolute atomic E-state index is 0.107. The maximum atomic E-state index is 12.7. The molecule has 6 nitrogen and oxygen atoms in total. The van der Waals surface area contributed by atoms with Crippen LogP contribution in [-0.2, 0) is 16.0 Å². The van der Waals surface area contributed by atoms with Gasteiger partial charge in [0.1, 0.15) is 10.7 Å². The van der Waals surface area contributed by atoms with E-state index in [0.717, 1.165) is 6.07 Å². The van der Waals surface area contributed by atoms with Crippen LogP contribution in [0.15, 0.2) is 6.07 Å². The zero-order valence-electron chi connectivity index (χ0n) is 9.73. The molecule has 0 spiro atoms. The number of nitro groups is 1. The van der Waals surface area contributed by atoms with E-state index in [1.807, 2.05) is 0 Å². The monoisotopic (exact) mass is 294 g/mol. The Balaban J connectivity index is 3.19. The third-order valence-corrected chi connectivity index (χ3v) is 2.44. The van der Waals surface area contributed by atoms with Crippen molar-refractivity contribution in [3.63, 3.8) is 0 Å². The van der Waals surface area contributed by atoms with Gasteiger partial charge in [-0.2, -0.15) is 0 Å². The van der Waals surface area contributed by atoms with Crippen molar-refractivity contribution < 1.29 is 23.2 Å². The van der Waals surface area contributed by atoms with Crippen molar-refractivity contribution in [3.8, 4) is 0 Å². The highest BCUT2D eigenvalue weighted by Gasteiger charge is 2.25. The molecule has 0 aliphatic carbocycles. The van der Waals surface area contributed by atoms with Crippen LogP contribution in [-0.4, -0.2) is 22.5 Å². The van der Waals surface area contributed by atoms with Gasteiger partial charge < -0.3 is 4.74 Å². The van der Waals surface area contributed by atoms with Crippen molar-refractivity contribution in [2.24, 2.45) is 0 Å². The van der Waals surface area contributed by atoms with E-state index in [1.54, 1.807) is 6.92 Å². The van der Waals surface area contributed by atoms with Gasteiger partial charge in [0.2, 0.25) is 0 Å². The fourth-order valence-electron chi connectivity index (χ4n) is 1.32. The first-order chi connectivity index (χ1) is 8.86. The van der Waals surface area contributed by atoms with E-state index < -0.39 is 40.1 Å². The quantitative estimate of drug-likeness (QED) is 0.474. The molecular formula is C10H9ClF2N2O4. The Bertz CT molecular complexity index is 511. The van der Waals surface area contributed by atoms with Crippen LogP contribution < -0.4 is 0 Å². The summed E-state index contributed by atoms with van der Waals surface area (Å²) in [7, 11) is 0. The molecule has 0 saturated heterocycles. The second-order valence-electron chi connectivity index (χ2n) is 3.37. The first-order valence-electron chi connectivity index (χ1n) is 5.14. The molecular weight excluding hydrogens is 286 g/mol. The van der Waals surface area contributed by atoms with Crippen LogP contribution >= 0.6 is 11.6 Å². The lowest BCUT2D eigenvalue weighted by molar-refractivity contribution is -0.384. The molecule has 0 saturated carbocycles. The molecule has 0 N–H and O–H groups in total. The highest BCUT2D eigenvalue weighted by atomic mass is 35.5. The van der Waals surface area contributed by atoms with E-state index in [9.17, 15) is 23.7 Å². The topological polar surface area (TPSA) is 82.3 Å². The van der Waals surface area contributed by atoms with Gasteiger partial charge in [-0.05, 0) is 6.92 Å². The van der Waals surface area contributed by atoms with Crippen LogP contribution in [0.2, 0.25) is 5.02 Å². The first kappa shape index (κ1) is 15.2. The Morgan fingerprint density at radius 3 is 2.74 bits per heavy atom. The largest absolute Gasteiger partial charge is 0.466 e. The van der Waals surface area contributed by atoms with Crippen LogP contribution in [0.1, 0.15) is 24.7 Å². The van der Waals surface area contributed by atoms with Crippen molar-refractivity contribution in [2.45, 2.75) is 19.8 Å². The van der Waals surface area contributed by atoms with E-state index in [-0.39, 0.29) is 12.3 Å². The van der Waals surface area contributed by atoms with Crippen molar-refractivity contribution in [1.82, 2.24) is 4.98 Å². The van der Waals surface area contributed by atoms with Crippen LogP contribution in [0, 0.1) is 10.1 Å². The summed E-state index contributed by atoms with van der Waals surface area (Å²) in [6.45, 7) is 1.68. The van der Waals surface area contributed by atoms with Gasteiger partial charge >= 0.3 is 5.97 Å². The van der Waals surface area contributed by atoms with Crippen molar-refractivity contribution in [1.29, 1.82) is 0 Å². The second-order valence-corrected chi connectivity index (χ2v) is 3.75. The predicted molar refractivity (Wildman–Crippen MR) is 61.2 cm³/mol. The fourth-order valence-corrected chi connectivity index (χ4v) is 1.56. The average molecular weight is 295 g/mol. The highest BCUT2D eigenvalue weighted by molar-refractivity contribution is 6.33. The number of hydrogen-bond acceptors (Lipinski definition) is 5. The molecule has 9 heteroatoms.